The van der Waals surface area contributed by atoms with Gasteiger partial charge in [0.15, 0.2) is 0 Å². The molecule has 1 spiro atoms. The van der Waals surface area contributed by atoms with Crippen LogP contribution >= 0.6 is 11.8 Å². The molecule has 3 amide bonds. The van der Waals surface area contributed by atoms with Gasteiger partial charge in [0.25, 0.3) is 5.91 Å². The van der Waals surface area contributed by atoms with E-state index in [1.54, 1.807) is 38.6 Å². The second-order valence-electron chi connectivity index (χ2n) is 12.2. The summed E-state index contributed by atoms with van der Waals surface area (Å²) in [6.45, 7) is 16.5. The molecule has 0 aromatic heterocycles. The number of carbonyl (C=O) groups is 3. The van der Waals surface area contributed by atoms with Crippen LogP contribution in [0, 0.1) is 25.7 Å². The van der Waals surface area contributed by atoms with Gasteiger partial charge in [0.1, 0.15) is 11.8 Å². The number of hydrogen-bond donors (Lipinski definition) is 1. The van der Waals surface area contributed by atoms with Crippen LogP contribution in [0.5, 0.6) is 5.75 Å². The number of hydrogen-bond acceptors (Lipinski definition) is 6. The Balaban J connectivity index is 1.58. The number of benzene rings is 2. The molecule has 9 heteroatoms. The third kappa shape index (κ3) is 5.58. The number of aryl methyl sites for hydroxylation is 2. The largest absolute Gasteiger partial charge is 0.494 e. The summed E-state index contributed by atoms with van der Waals surface area (Å²) in [4.78, 5) is 49.2. The fraction of sp³-hybridized carbons (Fsp3) is 0.472. The smallest absolute Gasteiger partial charge is 0.251 e. The van der Waals surface area contributed by atoms with E-state index in [-0.39, 0.29) is 42.7 Å². The molecule has 3 aliphatic rings. The van der Waals surface area contributed by atoms with Crippen LogP contribution < -0.4 is 14.5 Å². The molecular weight excluding hydrogens is 586 g/mol. The van der Waals surface area contributed by atoms with Crippen molar-refractivity contribution in [3.63, 3.8) is 0 Å². The number of amides is 3. The second-order valence-corrected chi connectivity index (χ2v) is 13.8. The Morgan fingerprint density at radius 2 is 1.78 bits per heavy atom. The van der Waals surface area contributed by atoms with Gasteiger partial charge in [-0.3, -0.25) is 14.4 Å². The molecule has 2 unspecified atom stereocenters. The van der Waals surface area contributed by atoms with E-state index < -0.39 is 28.7 Å². The molecule has 3 fully saturated rings. The summed E-state index contributed by atoms with van der Waals surface area (Å²) in [6.07, 6.45) is 5.26. The molecule has 240 valence electrons. The molecular formula is C36H45N3O5S. The molecule has 1 N–H and O–H groups in total. The zero-order valence-electron chi connectivity index (χ0n) is 26.8. The number of nitrogens with zero attached hydrogens (tertiary/aromatic N) is 3. The highest BCUT2D eigenvalue weighted by Crippen LogP contribution is 2.67. The second kappa shape index (κ2) is 13.4. The van der Waals surface area contributed by atoms with Crippen LogP contribution in [-0.2, 0) is 14.4 Å². The van der Waals surface area contributed by atoms with Crippen LogP contribution in [0.2, 0.25) is 0 Å². The SMILES string of the molecule is C=CCN(C(=O)[C@@H]1[C@@H]2CCC3(S2)C(C(=O)N(CC=C)c2cc(C)ccc2C)N([C@@H](CC)CO)C(=O)[C@H]13)c1ccc(OCC)cc1. The standard InChI is InChI=1S/C36H45N3O5S/c1-7-19-37(26-13-15-27(16-14-26)44-10-4)33(41)30-29-17-18-36(45-29)31(30)34(42)39(25(9-3)22-40)32(36)35(43)38(20-8-2)28-21-23(5)11-12-24(28)6/h7-8,11-16,21,25,29-32,40H,1-2,9-10,17-20,22H2,3-6H3/t25-,29-,30+,31-,32?,36?/m0/s1. The first kappa shape index (κ1) is 32.8. The summed E-state index contributed by atoms with van der Waals surface area (Å²) in [7, 11) is 0. The van der Waals surface area contributed by atoms with Crippen LogP contribution in [-0.4, -0.2) is 76.1 Å². The van der Waals surface area contributed by atoms with Gasteiger partial charge in [0, 0.05) is 29.7 Å². The zero-order valence-corrected chi connectivity index (χ0v) is 27.6. The Labute approximate surface area is 271 Å². The number of likely N-dealkylation sites (tertiary alicyclic amines) is 1. The summed E-state index contributed by atoms with van der Waals surface area (Å²) in [5.74, 6) is -1.12. The van der Waals surface area contributed by atoms with Gasteiger partial charge in [-0.15, -0.1) is 24.9 Å². The number of anilines is 2. The van der Waals surface area contributed by atoms with Crippen molar-refractivity contribution in [2.45, 2.75) is 69.0 Å². The van der Waals surface area contributed by atoms with Crippen LogP contribution in [0.15, 0.2) is 67.8 Å². The lowest BCUT2D eigenvalue weighted by atomic mass is 9.70. The van der Waals surface area contributed by atoms with Gasteiger partial charge >= 0.3 is 0 Å². The van der Waals surface area contributed by atoms with E-state index in [0.29, 0.717) is 30.9 Å². The third-order valence-corrected chi connectivity index (χ3v) is 11.6. The van der Waals surface area contributed by atoms with Gasteiger partial charge < -0.3 is 24.5 Å². The Kier molecular flexibility index (Phi) is 9.80. The van der Waals surface area contributed by atoms with E-state index in [4.69, 9.17) is 4.74 Å². The van der Waals surface area contributed by atoms with Crippen molar-refractivity contribution in [2.75, 3.05) is 36.1 Å². The van der Waals surface area contributed by atoms with Crippen LogP contribution in [0.1, 0.15) is 44.2 Å². The first-order chi connectivity index (χ1) is 21.7. The molecule has 3 aliphatic heterocycles. The van der Waals surface area contributed by atoms with Crippen molar-refractivity contribution in [1.82, 2.24) is 4.90 Å². The Bertz CT molecular complexity index is 1460. The van der Waals surface area contributed by atoms with E-state index in [9.17, 15) is 19.5 Å². The van der Waals surface area contributed by atoms with Gasteiger partial charge in [0.2, 0.25) is 11.8 Å². The van der Waals surface area contributed by atoms with Gasteiger partial charge in [-0.25, -0.2) is 0 Å². The Hall–Kier alpha value is -3.56. The summed E-state index contributed by atoms with van der Waals surface area (Å²) >= 11 is 1.64. The van der Waals surface area contributed by atoms with Crippen LogP contribution in [0.25, 0.3) is 0 Å². The first-order valence-corrected chi connectivity index (χ1v) is 16.8. The van der Waals surface area contributed by atoms with Crippen molar-refractivity contribution in [2.24, 2.45) is 11.8 Å². The highest BCUT2D eigenvalue weighted by atomic mass is 32.2. The number of rotatable bonds is 13. The lowest BCUT2D eigenvalue weighted by Gasteiger charge is -2.39. The minimum absolute atomic E-state index is 0.0957. The molecule has 0 radical (unpaired) electrons. The molecule has 2 aromatic carbocycles. The quantitative estimate of drug-likeness (QED) is 0.302. The third-order valence-electron chi connectivity index (χ3n) is 9.60. The zero-order chi connectivity index (χ0) is 32.5. The monoisotopic (exact) mass is 631 g/mol. The molecule has 0 aliphatic carbocycles. The van der Waals surface area contributed by atoms with Gasteiger partial charge in [-0.2, -0.15) is 0 Å². The topological polar surface area (TPSA) is 90.4 Å². The maximum atomic E-state index is 14.9. The minimum atomic E-state index is -0.821. The fourth-order valence-electron chi connectivity index (χ4n) is 7.57. The van der Waals surface area contributed by atoms with Crippen molar-refractivity contribution < 1.29 is 24.2 Å². The van der Waals surface area contributed by atoms with Gasteiger partial charge in [0.05, 0.1) is 35.8 Å². The average molecular weight is 632 g/mol. The van der Waals surface area contributed by atoms with Gasteiger partial charge in [-0.05, 0) is 81.5 Å². The summed E-state index contributed by atoms with van der Waals surface area (Å²) in [5.41, 5.74) is 3.45. The van der Waals surface area contributed by atoms with Gasteiger partial charge in [-0.1, -0.05) is 31.2 Å². The normalized spacial score (nSPS) is 25.5. The highest BCUT2D eigenvalue weighted by Gasteiger charge is 2.74. The van der Waals surface area contributed by atoms with E-state index >= 15 is 0 Å². The Morgan fingerprint density at radius 3 is 2.40 bits per heavy atom. The van der Waals surface area contributed by atoms with Crippen molar-refractivity contribution >= 4 is 40.9 Å². The van der Waals surface area contributed by atoms with E-state index in [0.717, 1.165) is 23.2 Å². The van der Waals surface area contributed by atoms with Crippen LogP contribution in [0.3, 0.4) is 0 Å². The summed E-state index contributed by atoms with van der Waals surface area (Å²) in [6, 6.07) is 12.0. The molecule has 8 nitrogen and oxygen atoms in total. The Morgan fingerprint density at radius 1 is 1.09 bits per heavy atom. The number of ether oxygens (including phenoxy) is 1. The lowest BCUT2D eigenvalue weighted by molar-refractivity contribution is -0.141. The predicted molar refractivity (Wildman–Crippen MR) is 181 cm³/mol. The number of carbonyl (C=O) groups excluding carboxylic acids is 3. The summed E-state index contributed by atoms with van der Waals surface area (Å²) in [5, 5.41) is 10.4. The first-order valence-electron chi connectivity index (χ1n) is 15.9. The number of aliphatic hydroxyl groups excluding tert-OH is 1. The van der Waals surface area contributed by atoms with E-state index in [1.807, 2.05) is 70.2 Å². The van der Waals surface area contributed by atoms with Crippen molar-refractivity contribution in [1.29, 1.82) is 0 Å². The predicted octanol–water partition coefficient (Wildman–Crippen LogP) is 5.30. The summed E-state index contributed by atoms with van der Waals surface area (Å²) < 4.78 is 4.82. The number of thioether (sulfide) groups is 1. The molecule has 3 saturated heterocycles. The van der Waals surface area contributed by atoms with Crippen molar-refractivity contribution in [3.8, 4) is 5.75 Å². The number of fused-ring (bicyclic) bond motifs is 1. The van der Waals surface area contributed by atoms with E-state index in [2.05, 4.69) is 13.2 Å². The molecule has 5 rings (SSSR count). The molecule has 6 atom stereocenters. The van der Waals surface area contributed by atoms with Crippen LogP contribution in [0.4, 0.5) is 11.4 Å². The maximum absolute atomic E-state index is 14.9. The molecule has 45 heavy (non-hydrogen) atoms. The molecule has 3 heterocycles. The minimum Gasteiger partial charge on any atom is -0.494 e. The maximum Gasteiger partial charge on any atom is 0.251 e. The molecule has 0 saturated carbocycles. The molecule has 2 bridgehead atoms. The fourth-order valence-corrected chi connectivity index (χ4v) is 9.77. The number of aliphatic hydroxyl groups is 1. The highest BCUT2D eigenvalue weighted by molar-refractivity contribution is 8.02. The average Bonchev–Trinajstić information content (AvgIpc) is 3.68. The van der Waals surface area contributed by atoms with Crippen molar-refractivity contribution in [3.05, 3.63) is 78.9 Å². The van der Waals surface area contributed by atoms with E-state index in [1.165, 1.54) is 0 Å². The lowest BCUT2D eigenvalue weighted by Crippen LogP contribution is -2.57. The molecule has 2 aromatic rings.